The van der Waals surface area contributed by atoms with E-state index in [0.717, 1.165) is 13.1 Å². The number of likely N-dealkylation sites (tertiary alicyclic amines) is 2. The molecule has 1 atom stereocenters. The normalized spacial score (nSPS) is 23.8. The minimum Gasteiger partial charge on any atom is -0.444 e. The van der Waals surface area contributed by atoms with Crippen LogP contribution in [0.5, 0.6) is 0 Å². The van der Waals surface area contributed by atoms with Gasteiger partial charge in [-0.3, -0.25) is 4.79 Å². The van der Waals surface area contributed by atoms with Crippen molar-refractivity contribution in [3.63, 3.8) is 0 Å². The summed E-state index contributed by atoms with van der Waals surface area (Å²) in [5.41, 5.74) is -0.454. The van der Waals surface area contributed by atoms with Gasteiger partial charge in [0.1, 0.15) is 5.60 Å². The predicted octanol–water partition coefficient (Wildman–Crippen LogP) is 1.89. The summed E-state index contributed by atoms with van der Waals surface area (Å²) >= 11 is 0. The lowest BCUT2D eigenvalue weighted by Gasteiger charge is -2.41. The first-order chi connectivity index (χ1) is 9.28. The van der Waals surface area contributed by atoms with Gasteiger partial charge in [0.2, 0.25) is 5.91 Å². The van der Waals surface area contributed by atoms with Gasteiger partial charge in [-0.05, 0) is 20.8 Å². The fourth-order valence-corrected chi connectivity index (χ4v) is 2.61. The van der Waals surface area contributed by atoms with Crippen LogP contribution in [0.25, 0.3) is 0 Å². The second-order valence-corrected chi connectivity index (χ2v) is 6.75. The van der Waals surface area contributed by atoms with Crippen molar-refractivity contribution in [3.8, 4) is 0 Å². The van der Waals surface area contributed by atoms with E-state index in [-0.39, 0.29) is 17.9 Å². The summed E-state index contributed by atoms with van der Waals surface area (Å²) in [6, 6.07) is 0. The van der Waals surface area contributed by atoms with Crippen LogP contribution in [0, 0.1) is 11.8 Å². The van der Waals surface area contributed by atoms with Gasteiger partial charge >= 0.3 is 6.09 Å². The van der Waals surface area contributed by atoms with Crippen LogP contribution in [0.2, 0.25) is 0 Å². The van der Waals surface area contributed by atoms with E-state index in [4.69, 9.17) is 4.74 Å². The lowest BCUT2D eigenvalue weighted by atomic mass is 10.0. The predicted molar refractivity (Wildman–Crippen MR) is 76.2 cm³/mol. The van der Waals surface area contributed by atoms with Gasteiger partial charge in [0.25, 0.3) is 0 Å². The highest BCUT2D eigenvalue weighted by atomic mass is 16.6. The molecule has 0 bridgehead atoms. The van der Waals surface area contributed by atoms with E-state index in [1.54, 1.807) is 4.90 Å². The molecule has 0 aliphatic carbocycles. The molecule has 0 N–H and O–H groups in total. The fourth-order valence-electron chi connectivity index (χ4n) is 2.61. The topological polar surface area (TPSA) is 49.9 Å². The zero-order valence-corrected chi connectivity index (χ0v) is 12.6. The molecule has 0 spiro atoms. The Bertz CT molecular complexity index is 408. The third-order valence-electron chi connectivity index (χ3n) is 3.67. The first-order valence-electron chi connectivity index (χ1n) is 7.16. The van der Waals surface area contributed by atoms with Gasteiger partial charge in [0.15, 0.2) is 0 Å². The number of nitrogens with zero attached hydrogens (tertiary/aromatic N) is 2. The van der Waals surface area contributed by atoms with Crippen molar-refractivity contribution < 1.29 is 14.3 Å². The summed E-state index contributed by atoms with van der Waals surface area (Å²) in [5.74, 6) is 0.852. The summed E-state index contributed by atoms with van der Waals surface area (Å²) in [6.45, 7) is 12.2. The number of hydrogen-bond donors (Lipinski definition) is 0. The Kier molecular flexibility index (Phi) is 4.06. The van der Waals surface area contributed by atoms with E-state index in [2.05, 4.69) is 6.58 Å². The third-order valence-corrected chi connectivity index (χ3v) is 3.67. The van der Waals surface area contributed by atoms with Crippen molar-refractivity contribution in [1.82, 2.24) is 9.80 Å². The van der Waals surface area contributed by atoms with Crippen molar-refractivity contribution in [2.24, 2.45) is 11.8 Å². The Hall–Kier alpha value is -1.52. The second kappa shape index (κ2) is 5.46. The van der Waals surface area contributed by atoms with E-state index < -0.39 is 5.60 Å². The molecule has 5 heteroatoms. The van der Waals surface area contributed by atoms with Crippen LogP contribution >= 0.6 is 0 Å². The maximum atomic E-state index is 11.8. The Labute approximate surface area is 120 Å². The highest BCUT2D eigenvalue weighted by Gasteiger charge is 2.37. The molecule has 2 rings (SSSR count). The largest absolute Gasteiger partial charge is 0.444 e. The molecule has 5 nitrogen and oxygen atoms in total. The number of ether oxygens (including phenoxy) is 1. The van der Waals surface area contributed by atoms with Crippen molar-refractivity contribution in [3.05, 3.63) is 12.7 Å². The molecule has 2 amide bonds. The Balaban J connectivity index is 1.73. The van der Waals surface area contributed by atoms with E-state index >= 15 is 0 Å². The first kappa shape index (κ1) is 14.9. The molecular formula is C15H24N2O3. The molecule has 0 saturated carbocycles. The highest BCUT2D eigenvalue weighted by Crippen LogP contribution is 2.24. The lowest BCUT2D eigenvalue weighted by molar-refractivity contribution is -0.128. The van der Waals surface area contributed by atoms with E-state index in [9.17, 15) is 9.59 Å². The molecule has 112 valence electrons. The minimum absolute atomic E-state index is 0.200. The van der Waals surface area contributed by atoms with E-state index in [1.165, 1.54) is 0 Å². The van der Waals surface area contributed by atoms with Crippen LogP contribution in [0.3, 0.4) is 0 Å². The summed E-state index contributed by atoms with van der Waals surface area (Å²) < 4.78 is 5.31. The maximum Gasteiger partial charge on any atom is 0.410 e. The van der Waals surface area contributed by atoms with Gasteiger partial charge in [-0.25, -0.2) is 4.79 Å². The van der Waals surface area contributed by atoms with Crippen molar-refractivity contribution in [2.45, 2.75) is 32.8 Å². The second-order valence-electron chi connectivity index (χ2n) is 6.75. The molecule has 0 aromatic rings. The van der Waals surface area contributed by atoms with Crippen LogP contribution in [-0.4, -0.2) is 53.6 Å². The quantitative estimate of drug-likeness (QED) is 0.742. The summed E-state index contributed by atoms with van der Waals surface area (Å²) in [7, 11) is 0. The fraction of sp³-hybridized carbons (Fsp3) is 0.733. The number of rotatable bonds is 3. The van der Waals surface area contributed by atoms with Crippen LogP contribution < -0.4 is 0 Å². The van der Waals surface area contributed by atoms with Gasteiger partial charge in [-0.1, -0.05) is 6.08 Å². The van der Waals surface area contributed by atoms with Gasteiger partial charge in [0, 0.05) is 44.4 Å². The number of hydrogen-bond acceptors (Lipinski definition) is 3. The molecule has 2 aliphatic heterocycles. The maximum absolute atomic E-state index is 11.8. The van der Waals surface area contributed by atoms with Crippen LogP contribution in [0.1, 0.15) is 27.2 Å². The van der Waals surface area contributed by atoms with Gasteiger partial charge in [0.05, 0.1) is 0 Å². The monoisotopic (exact) mass is 280 g/mol. The zero-order chi connectivity index (χ0) is 14.9. The van der Waals surface area contributed by atoms with Crippen molar-refractivity contribution in [1.29, 1.82) is 0 Å². The lowest BCUT2D eigenvalue weighted by Crippen LogP contribution is -2.55. The molecule has 2 heterocycles. The van der Waals surface area contributed by atoms with Crippen molar-refractivity contribution in [2.75, 3.05) is 26.2 Å². The Morgan fingerprint density at radius 2 is 2.05 bits per heavy atom. The molecule has 20 heavy (non-hydrogen) atoms. The minimum atomic E-state index is -0.454. The molecule has 1 unspecified atom stereocenters. The summed E-state index contributed by atoms with van der Waals surface area (Å²) in [6.07, 6.45) is 2.17. The zero-order valence-electron chi connectivity index (χ0n) is 12.6. The van der Waals surface area contributed by atoms with Gasteiger partial charge < -0.3 is 14.5 Å². The Morgan fingerprint density at radius 3 is 2.55 bits per heavy atom. The smallest absolute Gasteiger partial charge is 0.410 e. The average molecular weight is 280 g/mol. The van der Waals surface area contributed by atoms with Crippen molar-refractivity contribution >= 4 is 12.0 Å². The van der Waals surface area contributed by atoms with Gasteiger partial charge in [-0.15, -0.1) is 6.58 Å². The highest BCUT2D eigenvalue weighted by molar-refractivity contribution is 5.79. The summed E-state index contributed by atoms with van der Waals surface area (Å²) in [4.78, 5) is 27.2. The molecule has 0 aromatic heterocycles. The molecular weight excluding hydrogens is 256 g/mol. The SMILES string of the molecule is C=CC1CC(=O)N(CC2CN(C(=O)OC(C)(C)C)C2)C1. The number of carbonyl (C=O) groups excluding carboxylic acids is 2. The van der Waals surface area contributed by atoms with E-state index in [0.29, 0.717) is 25.4 Å². The number of carbonyl (C=O) groups is 2. The van der Waals surface area contributed by atoms with Crippen LogP contribution in [0.15, 0.2) is 12.7 Å². The number of amides is 2. The molecule has 0 aromatic carbocycles. The van der Waals surface area contributed by atoms with E-state index in [1.807, 2.05) is 31.7 Å². The van der Waals surface area contributed by atoms with Gasteiger partial charge in [-0.2, -0.15) is 0 Å². The van der Waals surface area contributed by atoms with Crippen LogP contribution in [-0.2, 0) is 9.53 Å². The molecule has 2 saturated heterocycles. The summed E-state index contributed by atoms with van der Waals surface area (Å²) in [5, 5.41) is 0. The standard InChI is InChI=1S/C15H24N2O3/c1-5-11-6-13(18)16(7-11)8-12-9-17(10-12)14(19)20-15(2,3)4/h5,11-12H,1,6-10H2,2-4H3. The molecule has 0 radical (unpaired) electrons. The van der Waals surface area contributed by atoms with Crippen LogP contribution in [0.4, 0.5) is 4.79 Å². The molecule has 2 aliphatic rings. The molecule has 2 fully saturated rings. The first-order valence-corrected chi connectivity index (χ1v) is 7.16. The third kappa shape index (κ3) is 3.52. The Morgan fingerprint density at radius 1 is 1.40 bits per heavy atom. The average Bonchev–Trinajstić information content (AvgIpc) is 2.61.